The minimum atomic E-state index is -4.71. The molecule has 0 aliphatic carbocycles. The van der Waals surface area contributed by atoms with E-state index in [9.17, 15) is 9.83 Å². The molecule has 0 bridgehead atoms. The number of methoxy groups -OCH3 is 3. The van der Waals surface area contributed by atoms with Gasteiger partial charge in [0.05, 0.1) is 33.0 Å². The Morgan fingerprint density at radius 3 is 2.11 bits per heavy atom. The van der Waals surface area contributed by atoms with Crippen molar-refractivity contribution in [2.24, 2.45) is 0 Å². The van der Waals surface area contributed by atoms with Gasteiger partial charge in [-0.1, -0.05) is 6.07 Å². The van der Waals surface area contributed by atoms with Crippen LogP contribution in [0, 0.1) is 11.3 Å². The van der Waals surface area contributed by atoms with Gasteiger partial charge in [-0.15, -0.1) is 0 Å². The zero-order chi connectivity index (χ0) is 20.0. The predicted molar refractivity (Wildman–Crippen MR) is 99.8 cm³/mol. The number of allylic oxidation sites excluding steroid dienone is 1. The molecule has 2 aromatic rings. The van der Waals surface area contributed by atoms with Crippen LogP contribution in [0.1, 0.15) is 12.6 Å². The molecule has 0 aliphatic rings. The van der Waals surface area contributed by atoms with Gasteiger partial charge in [-0.05, 0) is 47.5 Å². The van der Waals surface area contributed by atoms with Crippen molar-refractivity contribution in [2.75, 3.05) is 21.3 Å². The number of hydrogen-bond donors (Lipinski definition) is 2. The average molecular weight is 415 g/mol. The second kappa shape index (κ2) is 10.5. The zero-order valence-electron chi connectivity index (χ0n) is 16.9. The van der Waals surface area contributed by atoms with Gasteiger partial charge >= 0.3 is 37.4 Å². The van der Waals surface area contributed by atoms with E-state index >= 15 is 0 Å². The van der Waals surface area contributed by atoms with Crippen LogP contribution < -0.4 is 48.3 Å². The van der Waals surface area contributed by atoms with Gasteiger partial charge in [0.25, 0.3) is 0 Å². The second-order valence-electron chi connectivity index (χ2n) is 5.23. The van der Waals surface area contributed by atoms with E-state index in [2.05, 4.69) is 10.6 Å². The smallest absolute Gasteiger partial charge is 1.00 e. The molecule has 0 aliphatic heterocycles. The standard InChI is InChI=1S/C18H18NO7P.Na.H/c1-23-15-7-5-13(10-18(15)25-3)14(11-19)8-12-4-6-16(17(9-12)24-2)26-27(20,21)22;;/h4-10H,1-3H3,(H2,20,21,22);;/q;+1;-1. The number of rotatable bonds is 7. The molecule has 0 fully saturated rings. The third kappa shape index (κ3) is 6.28. The molecule has 2 aromatic carbocycles. The Morgan fingerprint density at radius 2 is 1.57 bits per heavy atom. The summed E-state index contributed by atoms with van der Waals surface area (Å²) < 4.78 is 31.1. The first-order chi connectivity index (χ1) is 12.8. The summed E-state index contributed by atoms with van der Waals surface area (Å²) in [5, 5.41) is 9.52. The van der Waals surface area contributed by atoms with Crippen molar-refractivity contribution in [1.82, 2.24) is 0 Å². The largest absolute Gasteiger partial charge is 1.00 e. The molecule has 0 spiro atoms. The minimum absolute atomic E-state index is 0. The van der Waals surface area contributed by atoms with Crippen LogP contribution in [0.3, 0.4) is 0 Å². The number of ether oxygens (including phenoxy) is 3. The molecule has 144 valence electrons. The topological polar surface area (TPSA) is 118 Å². The molecule has 2 N–H and O–H groups in total. The molecule has 10 heteroatoms. The summed E-state index contributed by atoms with van der Waals surface area (Å²) in [5.41, 5.74) is 1.54. The number of nitrogens with zero attached hydrogens (tertiary/aromatic N) is 1. The van der Waals surface area contributed by atoms with Crippen LogP contribution >= 0.6 is 7.82 Å². The van der Waals surface area contributed by atoms with E-state index in [4.69, 9.17) is 24.0 Å². The van der Waals surface area contributed by atoms with Crippen LogP contribution in [0.2, 0.25) is 0 Å². The molecule has 0 atom stereocenters. The van der Waals surface area contributed by atoms with Crippen LogP contribution in [-0.4, -0.2) is 31.1 Å². The Balaban J connectivity index is 0.00000392. The predicted octanol–water partition coefficient (Wildman–Crippen LogP) is 0.365. The summed E-state index contributed by atoms with van der Waals surface area (Å²) in [6, 6.07) is 11.6. The average Bonchev–Trinajstić information content (AvgIpc) is 2.65. The molecule has 0 radical (unpaired) electrons. The minimum Gasteiger partial charge on any atom is -1.00 e. The molecule has 8 nitrogen and oxygen atoms in total. The molecule has 0 amide bonds. The maximum Gasteiger partial charge on any atom is 1.00 e. The molecule has 0 unspecified atom stereocenters. The molecule has 0 heterocycles. The first-order valence-electron chi connectivity index (χ1n) is 7.58. The van der Waals surface area contributed by atoms with Crippen LogP contribution in [0.25, 0.3) is 11.6 Å². The Kier molecular flexibility index (Phi) is 9.05. The number of nitriles is 1. The molecular weight excluding hydrogens is 396 g/mol. The summed E-state index contributed by atoms with van der Waals surface area (Å²) >= 11 is 0. The van der Waals surface area contributed by atoms with Gasteiger partial charge < -0.3 is 20.2 Å². The van der Waals surface area contributed by atoms with E-state index in [0.29, 0.717) is 28.2 Å². The van der Waals surface area contributed by atoms with E-state index in [1.165, 1.54) is 33.5 Å². The van der Waals surface area contributed by atoms with Crippen LogP contribution in [0.4, 0.5) is 0 Å². The number of hydrogen-bond acceptors (Lipinski definition) is 6. The maximum atomic E-state index is 11.0. The summed E-state index contributed by atoms with van der Waals surface area (Å²) in [6.45, 7) is 0. The monoisotopic (exact) mass is 415 g/mol. The first kappa shape index (κ1) is 24.1. The van der Waals surface area contributed by atoms with Crippen LogP contribution in [0.5, 0.6) is 23.0 Å². The van der Waals surface area contributed by atoms with E-state index in [0.717, 1.165) is 0 Å². The maximum absolute atomic E-state index is 11.0. The zero-order valence-corrected chi connectivity index (χ0v) is 18.8. The quantitative estimate of drug-likeness (QED) is 0.288. The van der Waals surface area contributed by atoms with E-state index in [1.807, 2.05) is 0 Å². The Hall–Kier alpha value is -1.98. The van der Waals surface area contributed by atoms with Crippen molar-refractivity contribution in [1.29, 1.82) is 5.26 Å². The number of phosphoric ester groups is 1. The molecule has 0 saturated heterocycles. The Bertz CT molecular complexity index is 956. The van der Waals surface area contributed by atoms with Crippen molar-refractivity contribution in [3.05, 3.63) is 47.5 Å². The van der Waals surface area contributed by atoms with Crippen molar-refractivity contribution in [3.8, 4) is 29.1 Å². The van der Waals surface area contributed by atoms with Crippen LogP contribution in [0.15, 0.2) is 36.4 Å². The summed E-state index contributed by atoms with van der Waals surface area (Å²) in [6.07, 6.45) is 1.60. The summed E-state index contributed by atoms with van der Waals surface area (Å²) in [7, 11) is -0.350. The third-order valence-corrected chi connectivity index (χ3v) is 3.97. The van der Waals surface area contributed by atoms with E-state index in [1.54, 1.807) is 30.3 Å². The normalized spacial score (nSPS) is 11.1. The molecule has 2 rings (SSSR count). The molecule has 0 aromatic heterocycles. The van der Waals surface area contributed by atoms with Crippen molar-refractivity contribution < 1.29 is 64.1 Å². The summed E-state index contributed by atoms with van der Waals surface area (Å²) in [5.74, 6) is 1.04. The fourth-order valence-electron chi connectivity index (χ4n) is 2.33. The van der Waals surface area contributed by atoms with Crippen molar-refractivity contribution in [3.63, 3.8) is 0 Å². The second-order valence-corrected chi connectivity index (χ2v) is 6.40. The number of benzene rings is 2. The summed E-state index contributed by atoms with van der Waals surface area (Å²) in [4.78, 5) is 17.9. The van der Waals surface area contributed by atoms with Crippen molar-refractivity contribution in [2.45, 2.75) is 0 Å². The number of phosphoric acid groups is 1. The van der Waals surface area contributed by atoms with Crippen molar-refractivity contribution >= 4 is 19.5 Å². The van der Waals surface area contributed by atoms with Gasteiger partial charge in [0.2, 0.25) is 0 Å². The SMILES string of the molecule is COc1ccc(C(C#N)=Cc2ccc(OP(=O)(O)O)c(OC)c2)cc1OC.[H-].[Na+]. The van der Waals surface area contributed by atoms with Gasteiger partial charge in [-0.25, -0.2) is 4.57 Å². The third-order valence-electron chi connectivity index (χ3n) is 3.53. The molecule has 0 saturated carbocycles. The first-order valence-corrected chi connectivity index (χ1v) is 9.11. The van der Waals surface area contributed by atoms with Gasteiger partial charge in [0.1, 0.15) is 0 Å². The van der Waals surface area contributed by atoms with Gasteiger partial charge in [-0.2, -0.15) is 5.26 Å². The van der Waals surface area contributed by atoms with Crippen LogP contribution in [-0.2, 0) is 4.57 Å². The van der Waals surface area contributed by atoms with E-state index in [-0.39, 0.29) is 42.5 Å². The van der Waals surface area contributed by atoms with Gasteiger partial charge in [-0.3, -0.25) is 9.79 Å². The molecule has 28 heavy (non-hydrogen) atoms. The Morgan fingerprint density at radius 1 is 1.00 bits per heavy atom. The van der Waals surface area contributed by atoms with Gasteiger partial charge in [0.15, 0.2) is 23.0 Å². The fourth-order valence-corrected chi connectivity index (χ4v) is 2.74. The Labute approximate surface area is 186 Å². The van der Waals surface area contributed by atoms with Gasteiger partial charge in [0, 0.05) is 0 Å². The fraction of sp³-hybridized carbons (Fsp3) is 0.167. The molecular formula is C18H19NNaO7P. The van der Waals surface area contributed by atoms with E-state index < -0.39 is 7.82 Å².